The highest BCUT2D eigenvalue weighted by molar-refractivity contribution is 5.33. The van der Waals surface area contributed by atoms with Crippen molar-refractivity contribution in [3.8, 4) is 0 Å². The Morgan fingerprint density at radius 1 is 1.62 bits per heavy atom. The Morgan fingerprint density at radius 2 is 2.38 bits per heavy atom. The molecule has 0 aliphatic heterocycles. The van der Waals surface area contributed by atoms with E-state index in [1.165, 1.54) is 0 Å². The number of nitrogens with zero attached hydrogens (tertiary/aromatic N) is 2. The second-order valence-electron chi connectivity index (χ2n) is 2.99. The molecule has 0 saturated heterocycles. The lowest BCUT2D eigenvalue weighted by atomic mass is 10.3. The number of methoxy groups -OCH3 is 1. The molecule has 0 aliphatic rings. The summed E-state index contributed by atoms with van der Waals surface area (Å²) in [5.41, 5.74) is 0. The van der Waals surface area contributed by atoms with Crippen LogP contribution in [0.1, 0.15) is 12.7 Å². The van der Waals surface area contributed by atoms with E-state index < -0.39 is 0 Å². The van der Waals surface area contributed by atoms with Gasteiger partial charge in [-0.15, -0.1) is 0 Å². The molecule has 1 atom stereocenters. The molecule has 0 fully saturated rings. The van der Waals surface area contributed by atoms with Gasteiger partial charge in [-0.2, -0.15) is 0 Å². The first-order chi connectivity index (χ1) is 6.22. The van der Waals surface area contributed by atoms with Crippen LogP contribution in [0, 0.1) is 6.92 Å². The van der Waals surface area contributed by atoms with E-state index in [1.807, 2.05) is 19.9 Å². The zero-order chi connectivity index (χ0) is 9.68. The third-order valence-electron chi connectivity index (χ3n) is 1.59. The van der Waals surface area contributed by atoms with E-state index >= 15 is 0 Å². The number of anilines is 1. The molecular formula is C9H15N3O. The number of hydrogen-bond acceptors (Lipinski definition) is 4. The summed E-state index contributed by atoms with van der Waals surface area (Å²) in [6, 6.07) is 2.11. The molecule has 1 N–H and O–H groups in total. The smallest absolute Gasteiger partial charge is 0.129 e. The van der Waals surface area contributed by atoms with Gasteiger partial charge in [0.1, 0.15) is 11.6 Å². The maximum absolute atomic E-state index is 5.00. The Morgan fingerprint density at radius 3 is 3.00 bits per heavy atom. The first-order valence-electron chi connectivity index (χ1n) is 4.27. The first-order valence-corrected chi connectivity index (χ1v) is 4.27. The minimum atomic E-state index is 0.263. The van der Waals surface area contributed by atoms with Crippen LogP contribution < -0.4 is 5.32 Å². The molecule has 0 spiro atoms. The fraction of sp³-hybridized carbons (Fsp3) is 0.556. The summed E-state index contributed by atoms with van der Waals surface area (Å²) < 4.78 is 5.00. The molecule has 13 heavy (non-hydrogen) atoms. The van der Waals surface area contributed by atoms with E-state index in [1.54, 1.807) is 13.3 Å². The molecule has 1 aromatic heterocycles. The third-order valence-corrected chi connectivity index (χ3v) is 1.59. The highest BCUT2D eigenvalue weighted by Crippen LogP contribution is 2.03. The van der Waals surface area contributed by atoms with Crippen molar-refractivity contribution in [2.24, 2.45) is 0 Å². The topological polar surface area (TPSA) is 47.0 Å². The number of rotatable bonds is 4. The van der Waals surface area contributed by atoms with Gasteiger partial charge in [-0.3, -0.25) is 0 Å². The quantitative estimate of drug-likeness (QED) is 0.759. The van der Waals surface area contributed by atoms with E-state index in [9.17, 15) is 0 Å². The Kier molecular flexibility index (Phi) is 3.64. The number of nitrogens with one attached hydrogen (secondary N) is 1. The minimum absolute atomic E-state index is 0.263. The predicted molar refractivity (Wildman–Crippen MR) is 51.7 cm³/mol. The lowest BCUT2D eigenvalue weighted by Gasteiger charge is -2.12. The largest absolute Gasteiger partial charge is 0.383 e. The molecule has 72 valence electrons. The van der Waals surface area contributed by atoms with Gasteiger partial charge in [0.05, 0.1) is 6.61 Å². The second-order valence-corrected chi connectivity index (χ2v) is 2.99. The van der Waals surface area contributed by atoms with Gasteiger partial charge >= 0.3 is 0 Å². The van der Waals surface area contributed by atoms with Crippen molar-refractivity contribution in [3.63, 3.8) is 0 Å². The fourth-order valence-corrected chi connectivity index (χ4v) is 1.08. The third kappa shape index (κ3) is 3.38. The van der Waals surface area contributed by atoms with Gasteiger partial charge in [0, 0.05) is 19.3 Å². The Hall–Kier alpha value is -1.16. The molecule has 4 heteroatoms. The molecule has 0 bridgehead atoms. The normalized spacial score (nSPS) is 12.5. The van der Waals surface area contributed by atoms with Crippen LogP contribution in [0.3, 0.4) is 0 Å². The fourth-order valence-electron chi connectivity index (χ4n) is 1.08. The van der Waals surface area contributed by atoms with E-state index in [2.05, 4.69) is 15.3 Å². The van der Waals surface area contributed by atoms with Crippen molar-refractivity contribution < 1.29 is 4.74 Å². The van der Waals surface area contributed by atoms with E-state index in [-0.39, 0.29) is 6.04 Å². The molecule has 4 nitrogen and oxygen atoms in total. The van der Waals surface area contributed by atoms with Gasteiger partial charge < -0.3 is 10.1 Å². The van der Waals surface area contributed by atoms with Gasteiger partial charge in [0.25, 0.3) is 0 Å². The first kappa shape index (κ1) is 9.92. The maximum Gasteiger partial charge on any atom is 0.129 e. The summed E-state index contributed by atoms with van der Waals surface area (Å²) in [6.45, 7) is 4.58. The highest BCUT2D eigenvalue weighted by Gasteiger charge is 2.01. The number of aromatic nitrogens is 2. The van der Waals surface area contributed by atoms with Crippen molar-refractivity contribution in [1.82, 2.24) is 9.97 Å². The molecule has 0 radical (unpaired) electrons. The number of ether oxygens (including phenoxy) is 1. The zero-order valence-electron chi connectivity index (χ0n) is 8.24. The van der Waals surface area contributed by atoms with Crippen LogP contribution in [0.15, 0.2) is 12.3 Å². The molecule has 0 aliphatic carbocycles. The minimum Gasteiger partial charge on any atom is -0.383 e. The molecule has 1 aromatic rings. The summed E-state index contributed by atoms with van der Waals surface area (Å²) in [5, 5.41) is 3.21. The van der Waals surface area contributed by atoms with Gasteiger partial charge in [0.2, 0.25) is 0 Å². The monoisotopic (exact) mass is 181 g/mol. The molecule has 0 unspecified atom stereocenters. The standard InChI is InChI=1S/C9H15N3O/c1-7(6-13-3)11-9-4-5-10-8(2)12-9/h4-5,7H,6H2,1-3H3,(H,10,11,12)/t7-/m1/s1. The molecule has 1 rings (SSSR count). The van der Waals surface area contributed by atoms with Crippen LogP contribution in [0.2, 0.25) is 0 Å². The average Bonchev–Trinajstić information content (AvgIpc) is 2.04. The lowest BCUT2D eigenvalue weighted by molar-refractivity contribution is 0.190. The Bertz CT molecular complexity index is 265. The second kappa shape index (κ2) is 4.77. The van der Waals surface area contributed by atoms with E-state index in [0.717, 1.165) is 11.6 Å². The van der Waals surface area contributed by atoms with Crippen molar-refractivity contribution in [2.75, 3.05) is 19.0 Å². The van der Waals surface area contributed by atoms with Crippen LogP contribution in [-0.4, -0.2) is 29.7 Å². The van der Waals surface area contributed by atoms with Crippen molar-refractivity contribution in [2.45, 2.75) is 19.9 Å². The summed E-state index contributed by atoms with van der Waals surface area (Å²) >= 11 is 0. The molecule has 1 heterocycles. The van der Waals surface area contributed by atoms with Gasteiger partial charge in [0.15, 0.2) is 0 Å². The Balaban J connectivity index is 2.53. The van der Waals surface area contributed by atoms with E-state index in [4.69, 9.17) is 4.74 Å². The maximum atomic E-state index is 5.00. The highest BCUT2D eigenvalue weighted by atomic mass is 16.5. The van der Waals surface area contributed by atoms with Crippen LogP contribution in [0.4, 0.5) is 5.82 Å². The average molecular weight is 181 g/mol. The van der Waals surface area contributed by atoms with Gasteiger partial charge in [-0.05, 0) is 19.9 Å². The predicted octanol–water partition coefficient (Wildman–Crippen LogP) is 1.23. The van der Waals surface area contributed by atoms with Crippen molar-refractivity contribution in [1.29, 1.82) is 0 Å². The zero-order valence-corrected chi connectivity index (χ0v) is 8.24. The van der Waals surface area contributed by atoms with Crippen LogP contribution in [-0.2, 0) is 4.74 Å². The molecule has 0 amide bonds. The molecule has 0 aromatic carbocycles. The number of hydrogen-bond donors (Lipinski definition) is 1. The summed E-state index contributed by atoms with van der Waals surface area (Å²) in [6.07, 6.45) is 1.74. The van der Waals surface area contributed by atoms with Gasteiger partial charge in [-0.1, -0.05) is 0 Å². The summed E-state index contributed by atoms with van der Waals surface area (Å²) in [7, 11) is 1.68. The SMILES string of the molecule is COC[C@@H](C)Nc1ccnc(C)n1. The number of aryl methyl sites for hydroxylation is 1. The van der Waals surface area contributed by atoms with Crippen LogP contribution in [0.5, 0.6) is 0 Å². The summed E-state index contributed by atoms with van der Waals surface area (Å²) in [4.78, 5) is 8.23. The van der Waals surface area contributed by atoms with Crippen molar-refractivity contribution >= 4 is 5.82 Å². The lowest BCUT2D eigenvalue weighted by Crippen LogP contribution is -2.21. The van der Waals surface area contributed by atoms with Crippen LogP contribution >= 0.6 is 0 Å². The van der Waals surface area contributed by atoms with E-state index in [0.29, 0.717) is 6.61 Å². The molecule has 0 saturated carbocycles. The van der Waals surface area contributed by atoms with Crippen molar-refractivity contribution in [3.05, 3.63) is 18.1 Å². The van der Waals surface area contributed by atoms with Gasteiger partial charge in [-0.25, -0.2) is 9.97 Å². The summed E-state index contributed by atoms with van der Waals surface area (Å²) in [5.74, 6) is 1.62. The molecular weight excluding hydrogens is 166 g/mol. The van der Waals surface area contributed by atoms with Crippen LogP contribution in [0.25, 0.3) is 0 Å². The Labute approximate surface area is 78.4 Å².